The van der Waals surface area contributed by atoms with Gasteiger partial charge in [-0.2, -0.15) is 0 Å². The largest absolute Gasteiger partial charge is 0.496 e. The third-order valence-electron chi connectivity index (χ3n) is 3.29. The number of piperidine rings is 1. The summed E-state index contributed by atoms with van der Waals surface area (Å²) in [6.07, 6.45) is 1.88. The molecule has 1 aliphatic heterocycles. The van der Waals surface area contributed by atoms with E-state index in [1.165, 1.54) is 11.3 Å². The summed E-state index contributed by atoms with van der Waals surface area (Å²) in [5.74, 6) is -0.0648. The monoisotopic (exact) mass is 283 g/mol. The predicted molar refractivity (Wildman–Crippen MR) is 71.8 cm³/mol. The van der Waals surface area contributed by atoms with Crippen molar-refractivity contribution < 1.29 is 19.4 Å². The maximum absolute atomic E-state index is 12.3. The molecule has 1 atom stereocenters. The van der Waals surface area contributed by atoms with Crippen molar-refractivity contribution in [1.82, 2.24) is 4.90 Å². The van der Waals surface area contributed by atoms with Crippen LogP contribution >= 0.6 is 11.3 Å². The van der Waals surface area contributed by atoms with E-state index >= 15 is 0 Å². The highest BCUT2D eigenvalue weighted by atomic mass is 32.1. The number of carboxylic acid groups (broad SMARTS) is 1. The predicted octanol–water partition coefficient (Wildman–Crippen LogP) is 2.08. The molecule has 0 radical (unpaired) electrons. The molecule has 1 fully saturated rings. The Morgan fingerprint density at radius 2 is 2.37 bits per heavy atom. The molecule has 1 N–H and O–H groups in total. The van der Waals surface area contributed by atoms with Gasteiger partial charge in [-0.3, -0.25) is 9.59 Å². The molecule has 1 saturated heterocycles. The quantitative estimate of drug-likeness (QED) is 0.918. The van der Waals surface area contributed by atoms with Gasteiger partial charge in [0.1, 0.15) is 5.75 Å². The third kappa shape index (κ3) is 3.47. The Labute approximate surface area is 115 Å². The number of thiophene rings is 1. The van der Waals surface area contributed by atoms with Crippen molar-refractivity contribution in [3.63, 3.8) is 0 Å². The van der Waals surface area contributed by atoms with Gasteiger partial charge in [-0.1, -0.05) is 0 Å². The van der Waals surface area contributed by atoms with Crippen LogP contribution in [-0.4, -0.2) is 42.1 Å². The highest BCUT2D eigenvalue weighted by molar-refractivity contribution is 7.12. The van der Waals surface area contributed by atoms with Gasteiger partial charge in [0.25, 0.3) is 5.91 Å². The van der Waals surface area contributed by atoms with Crippen LogP contribution in [0.1, 0.15) is 28.9 Å². The molecule has 6 heteroatoms. The van der Waals surface area contributed by atoms with Crippen LogP contribution in [0.5, 0.6) is 5.75 Å². The zero-order valence-corrected chi connectivity index (χ0v) is 11.6. The van der Waals surface area contributed by atoms with Gasteiger partial charge < -0.3 is 14.7 Å². The number of rotatable bonds is 4. The van der Waals surface area contributed by atoms with Crippen molar-refractivity contribution in [1.29, 1.82) is 0 Å². The molecule has 1 unspecified atom stereocenters. The summed E-state index contributed by atoms with van der Waals surface area (Å²) in [6, 6.07) is 1.73. The van der Waals surface area contributed by atoms with Crippen LogP contribution in [0.25, 0.3) is 0 Å². The van der Waals surface area contributed by atoms with Crippen LogP contribution in [0.3, 0.4) is 0 Å². The summed E-state index contributed by atoms with van der Waals surface area (Å²) in [7, 11) is 1.57. The Morgan fingerprint density at radius 3 is 3.00 bits per heavy atom. The number of carbonyl (C=O) groups excluding carboxylic acids is 1. The first-order valence-electron chi connectivity index (χ1n) is 6.23. The van der Waals surface area contributed by atoms with Crippen molar-refractivity contribution >= 4 is 23.2 Å². The van der Waals surface area contributed by atoms with Gasteiger partial charge >= 0.3 is 5.97 Å². The Morgan fingerprint density at radius 1 is 1.58 bits per heavy atom. The minimum atomic E-state index is -0.794. The molecule has 1 amide bonds. The van der Waals surface area contributed by atoms with E-state index in [2.05, 4.69) is 0 Å². The lowest BCUT2D eigenvalue weighted by Crippen LogP contribution is -2.40. The number of carboxylic acids is 1. The van der Waals surface area contributed by atoms with E-state index in [-0.39, 0.29) is 18.2 Å². The minimum absolute atomic E-state index is 0.0246. The normalized spacial score (nSPS) is 19.2. The molecule has 0 saturated carbocycles. The summed E-state index contributed by atoms with van der Waals surface area (Å²) < 4.78 is 5.07. The van der Waals surface area contributed by atoms with E-state index in [1.807, 2.05) is 0 Å². The zero-order valence-electron chi connectivity index (χ0n) is 10.8. The van der Waals surface area contributed by atoms with E-state index < -0.39 is 5.97 Å². The molecule has 0 bridgehead atoms. The van der Waals surface area contributed by atoms with Crippen molar-refractivity contribution in [3.8, 4) is 5.75 Å². The van der Waals surface area contributed by atoms with Gasteiger partial charge in [0.15, 0.2) is 0 Å². The third-order valence-corrected chi connectivity index (χ3v) is 4.19. The average Bonchev–Trinajstić information content (AvgIpc) is 2.86. The summed E-state index contributed by atoms with van der Waals surface area (Å²) >= 11 is 1.36. The Hall–Kier alpha value is -1.56. The number of carbonyl (C=O) groups is 2. The molecular formula is C13H17NO4S. The first-order valence-corrected chi connectivity index (χ1v) is 7.11. The lowest BCUT2D eigenvalue weighted by molar-refractivity contribution is -0.138. The second-order valence-corrected chi connectivity index (χ2v) is 5.62. The minimum Gasteiger partial charge on any atom is -0.496 e. The second kappa shape index (κ2) is 6.06. The van der Waals surface area contributed by atoms with Gasteiger partial charge in [0.05, 0.1) is 12.0 Å². The molecule has 2 heterocycles. The highest BCUT2D eigenvalue weighted by Gasteiger charge is 2.26. The fourth-order valence-corrected chi connectivity index (χ4v) is 3.18. The van der Waals surface area contributed by atoms with Crippen molar-refractivity contribution in [3.05, 3.63) is 16.3 Å². The maximum atomic E-state index is 12.3. The lowest BCUT2D eigenvalue weighted by Gasteiger charge is -2.31. The number of hydrogen-bond acceptors (Lipinski definition) is 4. The smallest absolute Gasteiger partial charge is 0.303 e. The number of amides is 1. The number of nitrogens with zero attached hydrogens (tertiary/aromatic N) is 1. The Kier molecular flexibility index (Phi) is 4.42. The van der Waals surface area contributed by atoms with E-state index in [1.54, 1.807) is 23.5 Å². The molecule has 2 rings (SSSR count). The molecule has 0 aliphatic carbocycles. The number of hydrogen-bond donors (Lipinski definition) is 1. The van der Waals surface area contributed by atoms with E-state index in [4.69, 9.17) is 9.84 Å². The van der Waals surface area contributed by atoms with Crippen LogP contribution in [0, 0.1) is 5.92 Å². The fraction of sp³-hybridized carbons (Fsp3) is 0.538. The van der Waals surface area contributed by atoms with Crippen LogP contribution in [-0.2, 0) is 4.79 Å². The average molecular weight is 283 g/mol. The molecular weight excluding hydrogens is 266 g/mol. The number of aliphatic carboxylic acids is 1. The molecule has 0 spiro atoms. The molecule has 1 aromatic rings. The number of likely N-dealkylation sites (tertiary alicyclic amines) is 1. The molecule has 19 heavy (non-hydrogen) atoms. The van der Waals surface area contributed by atoms with Gasteiger partial charge in [0, 0.05) is 31.0 Å². The van der Waals surface area contributed by atoms with Crippen molar-refractivity contribution in [2.75, 3.05) is 20.2 Å². The number of ether oxygens (including phenoxy) is 1. The van der Waals surface area contributed by atoms with E-state index in [0.29, 0.717) is 23.7 Å². The van der Waals surface area contributed by atoms with Crippen LogP contribution in [0.4, 0.5) is 0 Å². The van der Waals surface area contributed by atoms with Crippen molar-refractivity contribution in [2.45, 2.75) is 19.3 Å². The lowest BCUT2D eigenvalue weighted by atomic mass is 9.95. The zero-order chi connectivity index (χ0) is 13.8. The topological polar surface area (TPSA) is 66.8 Å². The van der Waals surface area contributed by atoms with Crippen LogP contribution in [0.15, 0.2) is 11.4 Å². The van der Waals surface area contributed by atoms with E-state index in [9.17, 15) is 9.59 Å². The molecule has 0 aromatic carbocycles. The van der Waals surface area contributed by atoms with Crippen LogP contribution in [0.2, 0.25) is 0 Å². The second-order valence-electron chi connectivity index (χ2n) is 4.71. The highest BCUT2D eigenvalue weighted by Crippen LogP contribution is 2.26. The SMILES string of the molecule is COc1csc(C(=O)N2CCCC(CC(=O)O)C2)c1. The van der Waals surface area contributed by atoms with Gasteiger partial charge in [-0.05, 0) is 18.8 Å². The summed E-state index contributed by atoms with van der Waals surface area (Å²) in [5, 5.41) is 10.6. The summed E-state index contributed by atoms with van der Waals surface area (Å²) in [4.78, 5) is 25.4. The first kappa shape index (κ1) is 13.9. The standard InChI is InChI=1S/C13H17NO4S/c1-18-10-6-11(19-8-10)13(17)14-4-2-3-9(7-14)5-12(15)16/h6,8-9H,2-5,7H2,1H3,(H,15,16). The van der Waals surface area contributed by atoms with Gasteiger partial charge in [-0.15, -0.1) is 11.3 Å². The summed E-state index contributed by atoms with van der Waals surface area (Å²) in [6.45, 7) is 1.24. The molecule has 1 aromatic heterocycles. The van der Waals surface area contributed by atoms with E-state index in [0.717, 1.165) is 12.8 Å². The van der Waals surface area contributed by atoms with Gasteiger partial charge in [-0.25, -0.2) is 0 Å². The molecule has 5 nitrogen and oxygen atoms in total. The fourth-order valence-electron chi connectivity index (χ4n) is 2.36. The first-order chi connectivity index (χ1) is 9.10. The molecule has 1 aliphatic rings. The van der Waals surface area contributed by atoms with Crippen LogP contribution < -0.4 is 4.74 Å². The van der Waals surface area contributed by atoms with Crippen molar-refractivity contribution in [2.24, 2.45) is 5.92 Å². The van der Waals surface area contributed by atoms with Gasteiger partial charge in [0.2, 0.25) is 0 Å². The summed E-state index contributed by atoms with van der Waals surface area (Å²) in [5.41, 5.74) is 0. The Balaban J connectivity index is 2.00. The Bertz CT molecular complexity index is 471. The maximum Gasteiger partial charge on any atom is 0.303 e. The number of methoxy groups -OCH3 is 1. The molecule has 104 valence electrons.